The molecule has 6 heteroatoms. The zero-order valence-corrected chi connectivity index (χ0v) is 12.5. The fourth-order valence-electron chi connectivity index (χ4n) is 1.53. The van der Waals surface area contributed by atoms with E-state index in [2.05, 4.69) is 4.72 Å². The summed E-state index contributed by atoms with van der Waals surface area (Å²) in [5, 5.41) is 8.84. The van der Waals surface area contributed by atoms with Crippen molar-refractivity contribution in [2.24, 2.45) is 11.3 Å². The van der Waals surface area contributed by atoms with Crippen molar-refractivity contribution in [3.8, 4) is 0 Å². The number of hydrogen-bond donors (Lipinski definition) is 2. The number of nitrogens with one attached hydrogen (secondary N) is 1. The Bertz CT molecular complexity index is 357. The number of sulfonamides is 1. The van der Waals surface area contributed by atoms with Crippen molar-refractivity contribution < 1.29 is 18.3 Å². The molecule has 0 aromatic carbocycles. The topological polar surface area (TPSA) is 83.5 Å². The fourth-order valence-corrected chi connectivity index (χ4v) is 2.80. The van der Waals surface area contributed by atoms with Crippen LogP contribution in [0.15, 0.2) is 0 Å². The molecule has 5 nitrogen and oxygen atoms in total. The molecule has 0 rings (SSSR count). The third kappa shape index (κ3) is 7.66. The summed E-state index contributed by atoms with van der Waals surface area (Å²) in [5.41, 5.74) is -0.244. The number of rotatable bonds is 8. The molecule has 108 valence electrons. The van der Waals surface area contributed by atoms with Crippen molar-refractivity contribution in [3.05, 3.63) is 0 Å². The normalized spacial score (nSPS) is 14.4. The predicted molar refractivity (Wildman–Crippen MR) is 71.9 cm³/mol. The molecule has 1 unspecified atom stereocenters. The molecule has 0 saturated heterocycles. The van der Waals surface area contributed by atoms with Gasteiger partial charge in [-0.15, -0.1) is 0 Å². The van der Waals surface area contributed by atoms with Crippen molar-refractivity contribution in [1.29, 1.82) is 0 Å². The number of unbranched alkanes of at least 4 members (excludes halogenated alkanes) is 1. The summed E-state index contributed by atoms with van der Waals surface area (Å²) < 4.78 is 25.8. The summed E-state index contributed by atoms with van der Waals surface area (Å²) in [6.45, 7) is 7.86. The molecule has 0 aliphatic carbocycles. The van der Waals surface area contributed by atoms with E-state index in [1.54, 1.807) is 0 Å². The minimum atomic E-state index is -3.28. The van der Waals surface area contributed by atoms with Crippen LogP contribution in [0.1, 0.15) is 47.0 Å². The molecule has 0 spiro atoms. The van der Waals surface area contributed by atoms with Gasteiger partial charge in [-0.25, -0.2) is 13.1 Å². The first-order valence-corrected chi connectivity index (χ1v) is 7.93. The first kappa shape index (κ1) is 17.4. The van der Waals surface area contributed by atoms with Gasteiger partial charge in [-0.05, 0) is 17.8 Å². The van der Waals surface area contributed by atoms with E-state index in [1.165, 1.54) is 0 Å². The highest BCUT2D eigenvalue weighted by Crippen LogP contribution is 2.28. The Kier molecular flexibility index (Phi) is 6.84. The average Bonchev–Trinajstić information content (AvgIpc) is 2.19. The van der Waals surface area contributed by atoms with Crippen molar-refractivity contribution in [2.75, 3.05) is 12.3 Å². The molecule has 0 aromatic rings. The molecule has 18 heavy (non-hydrogen) atoms. The monoisotopic (exact) mass is 279 g/mol. The Morgan fingerprint density at radius 1 is 1.33 bits per heavy atom. The van der Waals surface area contributed by atoms with Crippen molar-refractivity contribution in [2.45, 2.75) is 47.0 Å². The second-order valence-corrected chi connectivity index (χ2v) is 7.61. The molecule has 0 radical (unpaired) electrons. The molecule has 0 aliphatic rings. The molecule has 0 amide bonds. The van der Waals surface area contributed by atoms with E-state index in [0.717, 1.165) is 6.42 Å². The van der Waals surface area contributed by atoms with E-state index in [9.17, 15) is 13.2 Å². The molecule has 0 bridgehead atoms. The first-order chi connectivity index (χ1) is 8.08. The van der Waals surface area contributed by atoms with E-state index in [4.69, 9.17) is 5.11 Å². The molecule has 0 fully saturated rings. The number of carboxylic acids is 1. The van der Waals surface area contributed by atoms with Crippen LogP contribution < -0.4 is 4.72 Å². The van der Waals surface area contributed by atoms with Gasteiger partial charge in [0, 0.05) is 13.0 Å². The maximum atomic E-state index is 11.6. The van der Waals surface area contributed by atoms with Crippen LogP contribution in [0.25, 0.3) is 0 Å². The summed E-state index contributed by atoms with van der Waals surface area (Å²) in [6, 6.07) is 0. The summed E-state index contributed by atoms with van der Waals surface area (Å²) in [5.74, 6) is -1.01. The van der Waals surface area contributed by atoms with Gasteiger partial charge in [-0.1, -0.05) is 34.1 Å². The Morgan fingerprint density at radius 2 is 1.89 bits per heavy atom. The smallest absolute Gasteiger partial charge is 0.303 e. The maximum Gasteiger partial charge on any atom is 0.303 e. The van der Waals surface area contributed by atoms with Crippen LogP contribution in [0.5, 0.6) is 0 Å². The molecule has 0 aromatic heterocycles. The summed E-state index contributed by atoms with van der Waals surface area (Å²) in [6.07, 6.45) is 1.41. The quantitative estimate of drug-likeness (QED) is 0.710. The van der Waals surface area contributed by atoms with E-state index in [-0.39, 0.29) is 30.1 Å². The van der Waals surface area contributed by atoms with E-state index in [1.807, 2.05) is 27.7 Å². The standard InChI is InChI=1S/C12H25NO4S/c1-5-6-7-18(16,17)13-9-10(8-11(14)15)12(2,3)4/h10,13H,5-9H2,1-4H3,(H,14,15). The van der Waals surface area contributed by atoms with Gasteiger partial charge in [-0.2, -0.15) is 0 Å². The number of carbonyl (C=O) groups is 1. The number of aliphatic carboxylic acids is 1. The van der Waals surface area contributed by atoms with Crippen LogP contribution >= 0.6 is 0 Å². The van der Waals surface area contributed by atoms with Crippen LogP contribution in [0.4, 0.5) is 0 Å². The van der Waals surface area contributed by atoms with Crippen molar-refractivity contribution in [1.82, 2.24) is 4.72 Å². The Labute approximate surface area is 110 Å². The molecule has 0 heterocycles. The molecular weight excluding hydrogens is 254 g/mol. The lowest BCUT2D eigenvalue weighted by Gasteiger charge is -2.29. The minimum Gasteiger partial charge on any atom is -0.481 e. The van der Waals surface area contributed by atoms with Crippen molar-refractivity contribution in [3.63, 3.8) is 0 Å². The highest BCUT2D eigenvalue weighted by Gasteiger charge is 2.28. The van der Waals surface area contributed by atoms with Gasteiger partial charge in [-0.3, -0.25) is 4.79 Å². The maximum absolute atomic E-state index is 11.6. The van der Waals surface area contributed by atoms with Gasteiger partial charge < -0.3 is 5.11 Å². The van der Waals surface area contributed by atoms with Crippen LogP contribution in [0.2, 0.25) is 0 Å². The molecule has 2 N–H and O–H groups in total. The summed E-state index contributed by atoms with van der Waals surface area (Å²) in [4.78, 5) is 10.8. The Morgan fingerprint density at radius 3 is 2.28 bits per heavy atom. The van der Waals surface area contributed by atoms with Gasteiger partial charge in [0.25, 0.3) is 0 Å². The minimum absolute atomic E-state index is 0.0280. The molecule has 0 saturated carbocycles. The highest BCUT2D eigenvalue weighted by molar-refractivity contribution is 7.89. The average molecular weight is 279 g/mol. The second-order valence-electron chi connectivity index (χ2n) is 5.68. The Balaban J connectivity index is 4.48. The number of carboxylic acid groups (broad SMARTS) is 1. The lowest BCUT2D eigenvalue weighted by molar-refractivity contribution is -0.139. The van der Waals surface area contributed by atoms with E-state index in [0.29, 0.717) is 6.42 Å². The predicted octanol–water partition coefficient (Wildman–Crippen LogP) is 1.84. The fraction of sp³-hybridized carbons (Fsp3) is 0.917. The molecule has 0 aliphatic heterocycles. The van der Waals surface area contributed by atoms with Gasteiger partial charge in [0.1, 0.15) is 0 Å². The summed E-state index contributed by atoms with van der Waals surface area (Å²) in [7, 11) is -3.28. The van der Waals surface area contributed by atoms with Crippen LogP contribution in [0.3, 0.4) is 0 Å². The van der Waals surface area contributed by atoms with E-state index < -0.39 is 16.0 Å². The van der Waals surface area contributed by atoms with Crippen LogP contribution in [0, 0.1) is 11.3 Å². The summed E-state index contributed by atoms with van der Waals surface area (Å²) >= 11 is 0. The first-order valence-electron chi connectivity index (χ1n) is 6.27. The van der Waals surface area contributed by atoms with Crippen LogP contribution in [-0.4, -0.2) is 31.8 Å². The zero-order chi connectivity index (χ0) is 14.4. The molecular formula is C12H25NO4S. The number of hydrogen-bond acceptors (Lipinski definition) is 3. The van der Waals surface area contributed by atoms with E-state index >= 15 is 0 Å². The zero-order valence-electron chi connectivity index (χ0n) is 11.7. The largest absolute Gasteiger partial charge is 0.481 e. The van der Waals surface area contributed by atoms with Crippen LogP contribution in [-0.2, 0) is 14.8 Å². The SMILES string of the molecule is CCCCS(=O)(=O)NCC(CC(=O)O)C(C)(C)C. The second kappa shape index (κ2) is 7.09. The van der Waals surface area contributed by atoms with Gasteiger partial charge >= 0.3 is 5.97 Å². The third-order valence-electron chi connectivity index (χ3n) is 2.96. The highest BCUT2D eigenvalue weighted by atomic mass is 32.2. The lowest BCUT2D eigenvalue weighted by atomic mass is 9.79. The van der Waals surface area contributed by atoms with Gasteiger partial charge in [0.05, 0.1) is 5.75 Å². The Hall–Kier alpha value is -0.620. The van der Waals surface area contributed by atoms with Gasteiger partial charge in [0.15, 0.2) is 0 Å². The third-order valence-corrected chi connectivity index (χ3v) is 4.39. The lowest BCUT2D eigenvalue weighted by Crippen LogP contribution is -2.37. The van der Waals surface area contributed by atoms with Crippen molar-refractivity contribution >= 4 is 16.0 Å². The molecule has 1 atom stereocenters. The van der Waals surface area contributed by atoms with Gasteiger partial charge in [0.2, 0.25) is 10.0 Å².